The summed E-state index contributed by atoms with van der Waals surface area (Å²) in [7, 11) is 0. The number of hydrogen-bond donors (Lipinski definition) is 4. The van der Waals surface area contributed by atoms with Gasteiger partial charge in [0.25, 0.3) is 17.6 Å². The van der Waals surface area contributed by atoms with Gasteiger partial charge < -0.3 is 21.1 Å². The van der Waals surface area contributed by atoms with Crippen LogP contribution in [0.1, 0.15) is 27.1 Å². The average Bonchev–Trinajstić information content (AvgIpc) is 2.78. The minimum Gasteiger partial charge on any atom is -0.465 e. The number of Topliss-reactive ketones (excluding diaryl/α,β-unsaturated/α-hetero) is 1. The van der Waals surface area contributed by atoms with Crippen LogP contribution >= 0.6 is 0 Å². The highest BCUT2D eigenvalue weighted by atomic mass is 19.1. The Morgan fingerprint density at radius 1 is 0.844 bits per heavy atom. The second-order valence-corrected chi connectivity index (χ2v) is 6.88. The molecule has 0 saturated carbocycles. The predicted octanol–water partition coefficient (Wildman–Crippen LogP) is 3.19. The van der Waals surface area contributed by atoms with Crippen LogP contribution in [0.2, 0.25) is 0 Å². The van der Waals surface area contributed by atoms with Crippen LogP contribution in [-0.4, -0.2) is 41.9 Å². The third-order valence-corrected chi connectivity index (χ3v) is 4.61. The molecule has 4 N–H and O–H groups in total. The highest BCUT2D eigenvalue weighted by molar-refractivity contribution is 6.44. The van der Waals surface area contributed by atoms with Crippen molar-refractivity contribution in [3.05, 3.63) is 77.6 Å². The fourth-order valence-electron chi connectivity index (χ4n) is 3.03. The Morgan fingerprint density at radius 3 is 2.31 bits per heavy atom. The zero-order valence-corrected chi connectivity index (χ0v) is 16.9. The van der Waals surface area contributed by atoms with E-state index in [1.54, 1.807) is 18.2 Å². The molecular weight excluding hydrogens is 417 g/mol. The molecule has 0 bridgehead atoms. The summed E-state index contributed by atoms with van der Waals surface area (Å²) in [5, 5.41) is 17.3. The molecule has 3 aromatic carbocycles. The second-order valence-electron chi connectivity index (χ2n) is 6.88. The zero-order chi connectivity index (χ0) is 23.1. The molecule has 0 radical (unpaired) electrons. The third-order valence-electron chi connectivity index (χ3n) is 4.61. The van der Waals surface area contributed by atoms with Gasteiger partial charge in [-0.3, -0.25) is 14.4 Å². The summed E-state index contributed by atoms with van der Waals surface area (Å²) in [5.74, 6) is -3.27. The Hall–Kier alpha value is -4.27. The van der Waals surface area contributed by atoms with Crippen molar-refractivity contribution in [2.45, 2.75) is 6.42 Å². The molecule has 0 heterocycles. The van der Waals surface area contributed by atoms with Crippen molar-refractivity contribution in [2.24, 2.45) is 0 Å². The lowest BCUT2D eigenvalue weighted by Gasteiger charge is -2.11. The number of carboxylic acid groups (broad SMARTS) is 1. The van der Waals surface area contributed by atoms with Crippen molar-refractivity contribution in [3.8, 4) is 0 Å². The molecular formula is C23H20FN3O5. The standard InChI is InChI=1S/C23H20FN3O5/c24-17-8-9-19(18(13-17)20(28)22(30)25-10-3-11-26-23(31)32)27-21(29)16-7-6-14-4-1-2-5-15(14)12-16/h1-2,4-9,12-13,26H,3,10-11H2,(H,25,30)(H,27,29)(H,31,32). The van der Waals surface area contributed by atoms with Crippen molar-refractivity contribution in [1.29, 1.82) is 0 Å². The number of rotatable bonds is 8. The first-order valence-corrected chi connectivity index (χ1v) is 9.74. The van der Waals surface area contributed by atoms with Gasteiger partial charge in [0.1, 0.15) is 5.82 Å². The maximum atomic E-state index is 13.8. The summed E-state index contributed by atoms with van der Waals surface area (Å²) in [6, 6.07) is 15.8. The number of hydrogen-bond acceptors (Lipinski definition) is 4. The van der Waals surface area contributed by atoms with Gasteiger partial charge in [-0.2, -0.15) is 0 Å². The van der Waals surface area contributed by atoms with Crippen LogP contribution in [-0.2, 0) is 4.79 Å². The highest BCUT2D eigenvalue weighted by Crippen LogP contribution is 2.21. The van der Waals surface area contributed by atoms with Crippen molar-refractivity contribution < 1.29 is 28.7 Å². The van der Waals surface area contributed by atoms with Crippen molar-refractivity contribution in [2.75, 3.05) is 18.4 Å². The largest absolute Gasteiger partial charge is 0.465 e. The van der Waals surface area contributed by atoms with Gasteiger partial charge in [-0.15, -0.1) is 0 Å². The first-order chi connectivity index (χ1) is 15.3. The number of fused-ring (bicyclic) bond motifs is 1. The Bertz CT molecular complexity index is 1200. The molecule has 0 spiro atoms. The van der Waals surface area contributed by atoms with E-state index in [2.05, 4.69) is 16.0 Å². The van der Waals surface area contributed by atoms with Gasteiger partial charge in [0.2, 0.25) is 0 Å². The van der Waals surface area contributed by atoms with Gasteiger partial charge in [-0.25, -0.2) is 9.18 Å². The number of halogens is 1. The molecule has 0 aliphatic rings. The van der Waals surface area contributed by atoms with E-state index in [1.807, 2.05) is 24.3 Å². The molecule has 8 nitrogen and oxygen atoms in total. The van der Waals surface area contributed by atoms with Crippen molar-refractivity contribution >= 4 is 40.2 Å². The molecule has 164 valence electrons. The number of carbonyl (C=O) groups excluding carboxylic acids is 3. The summed E-state index contributed by atoms with van der Waals surface area (Å²) in [4.78, 5) is 47.8. The smallest absolute Gasteiger partial charge is 0.404 e. The predicted molar refractivity (Wildman–Crippen MR) is 116 cm³/mol. The molecule has 0 unspecified atom stereocenters. The minimum atomic E-state index is -1.20. The maximum Gasteiger partial charge on any atom is 0.404 e. The second kappa shape index (κ2) is 10.2. The Labute approximate surface area is 182 Å². The van der Waals surface area contributed by atoms with Gasteiger partial charge in [-0.05, 0) is 47.5 Å². The van der Waals surface area contributed by atoms with Crippen LogP contribution in [0.4, 0.5) is 14.9 Å². The fraction of sp³-hybridized carbons (Fsp3) is 0.130. The molecule has 32 heavy (non-hydrogen) atoms. The monoisotopic (exact) mass is 437 g/mol. The number of ketones is 1. The lowest BCUT2D eigenvalue weighted by Crippen LogP contribution is -2.34. The minimum absolute atomic E-state index is 0.00254. The van der Waals surface area contributed by atoms with E-state index in [1.165, 1.54) is 6.07 Å². The average molecular weight is 437 g/mol. The molecule has 0 aliphatic carbocycles. The van der Waals surface area contributed by atoms with Crippen LogP contribution in [0, 0.1) is 5.82 Å². The zero-order valence-electron chi connectivity index (χ0n) is 16.9. The van der Waals surface area contributed by atoms with Crippen LogP contribution in [0.25, 0.3) is 10.8 Å². The summed E-state index contributed by atoms with van der Waals surface area (Å²) in [5.41, 5.74) is 0.0411. The van der Waals surface area contributed by atoms with E-state index in [-0.39, 0.29) is 30.8 Å². The Balaban J connectivity index is 1.72. The number of benzene rings is 3. The first kappa shape index (κ1) is 22.4. The third kappa shape index (κ3) is 5.66. The summed E-state index contributed by atoms with van der Waals surface area (Å²) < 4.78 is 13.8. The Kier molecular flexibility index (Phi) is 7.12. The molecule has 0 atom stereocenters. The van der Waals surface area contributed by atoms with E-state index < -0.39 is 29.5 Å². The van der Waals surface area contributed by atoms with Crippen LogP contribution in [0.5, 0.6) is 0 Å². The molecule has 9 heteroatoms. The normalized spacial score (nSPS) is 10.4. The van der Waals surface area contributed by atoms with Crippen LogP contribution in [0.15, 0.2) is 60.7 Å². The Morgan fingerprint density at radius 2 is 1.56 bits per heavy atom. The number of anilines is 1. The van der Waals surface area contributed by atoms with Gasteiger partial charge in [-0.1, -0.05) is 30.3 Å². The molecule has 0 saturated heterocycles. The number of carbonyl (C=O) groups is 4. The summed E-state index contributed by atoms with van der Waals surface area (Å²) in [6.45, 7) is 0.135. The molecule has 0 aliphatic heterocycles. The first-order valence-electron chi connectivity index (χ1n) is 9.74. The topological polar surface area (TPSA) is 125 Å². The quantitative estimate of drug-likeness (QED) is 0.245. The van der Waals surface area contributed by atoms with Gasteiger partial charge in [0.05, 0.1) is 11.3 Å². The maximum absolute atomic E-state index is 13.8. The fourth-order valence-corrected chi connectivity index (χ4v) is 3.03. The lowest BCUT2D eigenvalue weighted by atomic mass is 10.0. The van der Waals surface area contributed by atoms with Crippen molar-refractivity contribution in [3.63, 3.8) is 0 Å². The molecule has 3 amide bonds. The SMILES string of the molecule is O=C(O)NCCCNC(=O)C(=O)c1cc(F)ccc1NC(=O)c1ccc2ccccc2c1. The molecule has 3 aromatic rings. The summed E-state index contributed by atoms with van der Waals surface area (Å²) in [6.07, 6.45) is -0.931. The number of nitrogens with one attached hydrogen (secondary N) is 3. The van der Waals surface area contributed by atoms with Gasteiger partial charge in [0.15, 0.2) is 0 Å². The molecule has 3 rings (SSSR count). The molecule has 0 aromatic heterocycles. The molecule has 0 fully saturated rings. The van der Waals surface area contributed by atoms with E-state index in [9.17, 15) is 23.6 Å². The van der Waals surface area contributed by atoms with E-state index in [0.29, 0.717) is 5.56 Å². The van der Waals surface area contributed by atoms with E-state index in [0.717, 1.165) is 22.9 Å². The number of amides is 3. The highest BCUT2D eigenvalue weighted by Gasteiger charge is 2.21. The lowest BCUT2D eigenvalue weighted by molar-refractivity contribution is -0.117. The summed E-state index contributed by atoms with van der Waals surface area (Å²) >= 11 is 0. The van der Waals surface area contributed by atoms with Crippen LogP contribution < -0.4 is 16.0 Å². The van der Waals surface area contributed by atoms with Crippen molar-refractivity contribution in [1.82, 2.24) is 10.6 Å². The van der Waals surface area contributed by atoms with E-state index in [4.69, 9.17) is 5.11 Å². The van der Waals surface area contributed by atoms with Gasteiger partial charge >= 0.3 is 6.09 Å². The van der Waals surface area contributed by atoms with Gasteiger partial charge in [0, 0.05) is 18.7 Å². The van der Waals surface area contributed by atoms with Crippen LogP contribution in [0.3, 0.4) is 0 Å². The van der Waals surface area contributed by atoms with E-state index >= 15 is 0 Å².